The van der Waals surface area contributed by atoms with E-state index in [0.717, 1.165) is 24.9 Å². The Morgan fingerprint density at radius 1 is 1.33 bits per heavy atom. The standard InChI is InChI=1S/C15H22N2O/c1-4-15(18,5-2)11-17-10-14-7-6-13(9-16)8-12(14)3/h6-8,17-18H,4-5,10-11H2,1-3H3. The molecule has 1 rings (SSSR count). The van der Waals surface area contributed by atoms with Gasteiger partial charge in [0.1, 0.15) is 0 Å². The number of nitrogens with one attached hydrogen (secondary N) is 1. The molecule has 0 aliphatic rings. The molecule has 0 fully saturated rings. The van der Waals surface area contributed by atoms with Crippen LogP contribution in [0.5, 0.6) is 0 Å². The molecular formula is C15H22N2O. The van der Waals surface area contributed by atoms with Crippen molar-refractivity contribution in [3.63, 3.8) is 0 Å². The highest BCUT2D eigenvalue weighted by molar-refractivity contribution is 5.37. The molecule has 0 unspecified atom stereocenters. The van der Waals surface area contributed by atoms with E-state index in [4.69, 9.17) is 5.26 Å². The minimum atomic E-state index is -0.611. The number of nitrogens with zero attached hydrogens (tertiary/aromatic N) is 1. The van der Waals surface area contributed by atoms with E-state index >= 15 is 0 Å². The van der Waals surface area contributed by atoms with Crippen LogP contribution in [0.2, 0.25) is 0 Å². The van der Waals surface area contributed by atoms with E-state index in [2.05, 4.69) is 11.4 Å². The van der Waals surface area contributed by atoms with E-state index in [1.807, 2.05) is 39.0 Å². The second kappa shape index (κ2) is 6.53. The van der Waals surface area contributed by atoms with Crippen LogP contribution in [-0.2, 0) is 6.54 Å². The van der Waals surface area contributed by atoms with Gasteiger partial charge in [-0.15, -0.1) is 0 Å². The fourth-order valence-electron chi connectivity index (χ4n) is 1.89. The van der Waals surface area contributed by atoms with Crippen molar-refractivity contribution in [2.24, 2.45) is 0 Å². The molecule has 1 aromatic rings. The van der Waals surface area contributed by atoms with Crippen LogP contribution in [0.25, 0.3) is 0 Å². The molecule has 98 valence electrons. The molecule has 0 atom stereocenters. The number of hydrogen-bond donors (Lipinski definition) is 2. The number of nitriles is 1. The number of benzene rings is 1. The topological polar surface area (TPSA) is 56.0 Å². The van der Waals surface area contributed by atoms with Crippen LogP contribution < -0.4 is 5.32 Å². The average molecular weight is 246 g/mol. The molecule has 0 aromatic heterocycles. The summed E-state index contributed by atoms with van der Waals surface area (Å²) >= 11 is 0. The second-order valence-corrected chi connectivity index (χ2v) is 4.79. The first-order chi connectivity index (χ1) is 8.54. The molecule has 3 heteroatoms. The number of rotatable bonds is 6. The Bertz CT molecular complexity index is 431. The Balaban J connectivity index is 2.57. The Morgan fingerprint density at radius 3 is 2.50 bits per heavy atom. The predicted octanol–water partition coefficient (Wildman–Crippen LogP) is 2.51. The summed E-state index contributed by atoms with van der Waals surface area (Å²) in [6.07, 6.45) is 1.51. The lowest BCUT2D eigenvalue weighted by atomic mass is 9.97. The molecule has 3 nitrogen and oxygen atoms in total. The van der Waals surface area contributed by atoms with E-state index in [0.29, 0.717) is 12.1 Å². The minimum absolute atomic E-state index is 0.597. The van der Waals surface area contributed by atoms with Crippen LogP contribution in [0, 0.1) is 18.3 Å². The Hall–Kier alpha value is -1.37. The smallest absolute Gasteiger partial charge is 0.0991 e. The highest BCUT2D eigenvalue weighted by atomic mass is 16.3. The van der Waals surface area contributed by atoms with Crippen molar-refractivity contribution in [1.82, 2.24) is 5.32 Å². The lowest BCUT2D eigenvalue weighted by Crippen LogP contribution is -2.39. The summed E-state index contributed by atoms with van der Waals surface area (Å²) in [5.74, 6) is 0. The zero-order chi connectivity index (χ0) is 13.6. The van der Waals surface area contributed by atoms with Gasteiger partial charge in [0.25, 0.3) is 0 Å². The third-order valence-electron chi connectivity index (χ3n) is 3.56. The van der Waals surface area contributed by atoms with E-state index in [1.165, 1.54) is 5.56 Å². The van der Waals surface area contributed by atoms with Crippen molar-refractivity contribution in [1.29, 1.82) is 5.26 Å². The van der Waals surface area contributed by atoms with Gasteiger partial charge in [-0.25, -0.2) is 0 Å². The molecule has 1 aromatic carbocycles. The molecule has 0 radical (unpaired) electrons. The van der Waals surface area contributed by atoms with Gasteiger partial charge in [0.05, 0.1) is 17.2 Å². The summed E-state index contributed by atoms with van der Waals surface area (Å²) in [5, 5.41) is 22.2. The Labute approximate surface area is 109 Å². The highest BCUT2D eigenvalue weighted by Crippen LogP contribution is 2.14. The number of aryl methyl sites for hydroxylation is 1. The summed E-state index contributed by atoms with van der Waals surface area (Å²) in [5.41, 5.74) is 2.36. The van der Waals surface area contributed by atoms with Crippen molar-refractivity contribution >= 4 is 0 Å². The largest absolute Gasteiger partial charge is 0.389 e. The van der Waals surface area contributed by atoms with Crippen LogP contribution in [0.4, 0.5) is 0 Å². The van der Waals surface area contributed by atoms with E-state index < -0.39 is 5.60 Å². The first kappa shape index (κ1) is 14.7. The molecule has 0 aliphatic carbocycles. The summed E-state index contributed by atoms with van der Waals surface area (Å²) in [4.78, 5) is 0. The van der Waals surface area contributed by atoms with Gasteiger partial charge >= 0.3 is 0 Å². The number of hydrogen-bond acceptors (Lipinski definition) is 3. The fraction of sp³-hybridized carbons (Fsp3) is 0.533. The lowest BCUT2D eigenvalue weighted by Gasteiger charge is -2.25. The molecule has 0 amide bonds. The van der Waals surface area contributed by atoms with Crippen LogP contribution in [-0.4, -0.2) is 17.3 Å². The molecular weight excluding hydrogens is 224 g/mol. The maximum atomic E-state index is 10.2. The van der Waals surface area contributed by atoms with Crippen molar-refractivity contribution in [2.45, 2.75) is 45.8 Å². The zero-order valence-electron chi connectivity index (χ0n) is 11.5. The summed E-state index contributed by atoms with van der Waals surface area (Å²) in [6, 6.07) is 7.82. The van der Waals surface area contributed by atoms with E-state index in [9.17, 15) is 5.11 Å². The zero-order valence-corrected chi connectivity index (χ0v) is 11.5. The first-order valence-electron chi connectivity index (χ1n) is 6.47. The summed E-state index contributed by atoms with van der Waals surface area (Å²) < 4.78 is 0. The van der Waals surface area contributed by atoms with Gasteiger partial charge in [-0.1, -0.05) is 19.9 Å². The maximum Gasteiger partial charge on any atom is 0.0991 e. The average Bonchev–Trinajstić information content (AvgIpc) is 2.40. The molecule has 0 spiro atoms. The third-order valence-corrected chi connectivity index (χ3v) is 3.56. The van der Waals surface area contributed by atoms with Crippen LogP contribution in [0.15, 0.2) is 18.2 Å². The SMILES string of the molecule is CCC(O)(CC)CNCc1ccc(C#N)cc1C. The van der Waals surface area contributed by atoms with E-state index in [1.54, 1.807) is 0 Å². The van der Waals surface area contributed by atoms with E-state index in [-0.39, 0.29) is 0 Å². The van der Waals surface area contributed by atoms with Gasteiger partial charge in [0.2, 0.25) is 0 Å². The quantitative estimate of drug-likeness (QED) is 0.811. The van der Waals surface area contributed by atoms with Crippen molar-refractivity contribution in [3.05, 3.63) is 34.9 Å². The van der Waals surface area contributed by atoms with Gasteiger partial charge in [-0.05, 0) is 43.0 Å². The molecule has 0 bridgehead atoms. The molecule has 18 heavy (non-hydrogen) atoms. The van der Waals surface area contributed by atoms with Gasteiger partial charge in [0, 0.05) is 13.1 Å². The fourth-order valence-corrected chi connectivity index (χ4v) is 1.89. The maximum absolute atomic E-state index is 10.2. The predicted molar refractivity (Wildman–Crippen MR) is 73.1 cm³/mol. The van der Waals surface area contributed by atoms with Crippen molar-refractivity contribution in [2.75, 3.05) is 6.54 Å². The summed E-state index contributed by atoms with van der Waals surface area (Å²) in [7, 11) is 0. The summed E-state index contributed by atoms with van der Waals surface area (Å²) in [6.45, 7) is 7.32. The van der Waals surface area contributed by atoms with Crippen LogP contribution in [0.1, 0.15) is 43.4 Å². The molecule has 2 N–H and O–H groups in total. The van der Waals surface area contributed by atoms with Gasteiger partial charge < -0.3 is 10.4 Å². The van der Waals surface area contributed by atoms with Gasteiger partial charge in [0.15, 0.2) is 0 Å². The molecule has 0 aliphatic heterocycles. The highest BCUT2D eigenvalue weighted by Gasteiger charge is 2.21. The number of aliphatic hydroxyl groups is 1. The molecule has 0 saturated heterocycles. The monoisotopic (exact) mass is 246 g/mol. The first-order valence-corrected chi connectivity index (χ1v) is 6.47. The van der Waals surface area contributed by atoms with Crippen LogP contribution >= 0.6 is 0 Å². The normalized spacial score (nSPS) is 11.3. The minimum Gasteiger partial charge on any atom is -0.389 e. The Morgan fingerprint density at radius 2 is 2.00 bits per heavy atom. The van der Waals surface area contributed by atoms with Crippen LogP contribution in [0.3, 0.4) is 0 Å². The molecule has 0 saturated carbocycles. The van der Waals surface area contributed by atoms with Crippen molar-refractivity contribution in [3.8, 4) is 6.07 Å². The van der Waals surface area contributed by atoms with Gasteiger partial charge in [-0.2, -0.15) is 5.26 Å². The van der Waals surface area contributed by atoms with Crippen molar-refractivity contribution < 1.29 is 5.11 Å². The third kappa shape index (κ3) is 3.83. The molecule has 0 heterocycles. The second-order valence-electron chi connectivity index (χ2n) is 4.79. The lowest BCUT2D eigenvalue weighted by molar-refractivity contribution is 0.0323. The Kier molecular flexibility index (Phi) is 5.33. The van der Waals surface area contributed by atoms with Gasteiger partial charge in [-0.3, -0.25) is 0 Å².